The lowest BCUT2D eigenvalue weighted by atomic mass is 9.95. The number of hydrogen-bond donors (Lipinski definition) is 0. The van der Waals surface area contributed by atoms with E-state index >= 15 is 0 Å². The summed E-state index contributed by atoms with van der Waals surface area (Å²) in [7, 11) is 3.23. The van der Waals surface area contributed by atoms with E-state index in [0.717, 1.165) is 24.0 Å². The summed E-state index contributed by atoms with van der Waals surface area (Å²) in [5.74, 6) is 0.0152. The number of amides is 1. The average Bonchev–Trinajstić information content (AvgIpc) is 2.60. The van der Waals surface area contributed by atoms with Gasteiger partial charge in [0.1, 0.15) is 0 Å². The van der Waals surface area contributed by atoms with E-state index in [1.54, 1.807) is 33.2 Å². The van der Waals surface area contributed by atoms with Gasteiger partial charge in [-0.15, -0.1) is 0 Å². The van der Waals surface area contributed by atoms with Gasteiger partial charge in [-0.3, -0.25) is 4.79 Å². The fraction of sp³-hybridized carbons (Fsp3) is 0.467. The van der Waals surface area contributed by atoms with Crippen molar-refractivity contribution in [2.45, 2.75) is 26.1 Å². The van der Waals surface area contributed by atoms with Crippen LogP contribution in [0, 0.1) is 0 Å². The van der Waals surface area contributed by atoms with Crippen LogP contribution in [-0.4, -0.2) is 37.5 Å². The van der Waals surface area contributed by atoms with Gasteiger partial charge in [-0.2, -0.15) is 0 Å². The Labute approximate surface area is 118 Å². The highest BCUT2D eigenvalue weighted by Crippen LogP contribution is 2.30. The third-order valence-corrected chi connectivity index (χ3v) is 3.26. The summed E-state index contributed by atoms with van der Waals surface area (Å²) in [4.78, 5) is 24.8. The van der Waals surface area contributed by atoms with Gasteiger partial charge in [-0.1, -0.05) is 18.2 Å². The van der Waals surface area contributed by atoms with Crippen LogP contribution in [-0.2, 0) is 15.9 Å². The normalized spacial score (nSPS) is 17.9. The van der Waals surface area contributed by atoms with Crippen LogP contribution in [0.5, 0.6) is 0 Å². The zero-order valence-corrected chi connectivity index (χ0v) is 12.0. The number of rotatable bonds is 2. The van der Waals surface area contributed by atoms with E-state index in [4.69, 9.17) is 9.47 Å². The van der Waals surface area contributed by atoms with Crippen LogP contribution in [0.2, 0.25) is 0 Å². The molecule has 20 heavy (non-hydrogen) atoms. The predicted molar refractivity (Wildman–Crippen MR) is 73.6 cm³/mol. The second kappa shape index (κ2) is 6.05. The largest absolute Gasteiger partial charge is 0.415 e. The SMILES string of the molecule is CC(=O)c1cccc2c1CCCOC2OC(=O)N(C)C. The van der Waals surface area contributed by atoms with Crippen LogP contribution in [0.15, 0.2) is 18.2 Å². The van der Waals surface area contributed by atoms with Gasteiger partial charge in [0.15, 0.2) is 5.78 Å². The predicted octanol–water partition coefficient (Wildman–Crippen LogP) is 2.55. The van der Waals surface area contributed by atoms with E-state index in [1.165, 1.54) is 4.90 Å². The van der Waals surface area contributed by atoms with Gasteiger partial charge in [0, 0.05) is 25.2 Å². The van der Waals surface area contributed by atoms with Crippen molar-refractivity contribution < 1.29 is 19.1 Å². The number of ketones is 1. The molecule has 108 valence electrons. The molecule has 2 rings (SSSR count). The number of carbonyl (C=O) groups is 2. The number of benzene rings is 1. The molecule has 1 heterocycles. The Kier molecular flexibility index (Phi) is 4.39. The standard InChI is InChI=1S/C15H19NO4/c1-10(17)11-6-4-7-13-12(11)8-5-9-19-14(13)20-15(18)16(2)3/h4,6-7,14H,5,8-9H2,1-3H3. The van der Waals surface area contributed by atoms with Gasteiger partial charge >= 0.3 is 6.09 Å². The summed E-state index contributed by atoms with van der Waals surface area (Å²) >= 11 is 0. The molecule has 1 aliphatic rings. The van der Waals surface area contributed by atoms with Crippen molar-refractivity contribution in [2.75, 3.05) is 20.7 Å². The van der Waals surface area contributed by atoms with Crippen molar-refractivity contribution in [3.05, 3.63) is 34.9 Å². The van der Waals surface area contributed by atoms with Crippen LogP contribution in [0.4, 0.5) is 4.79 Å². The molecule has 0 fully saturated rings. The molecular weight excluding hydrogens is 258 g/mol. The zero-order valence-electron chi connectivity index (χ0n) is 12.0. The minimum atomic E-state index is -0.748. The third kappa shape index (κ3) is 2.99. The fourth-order valence-electron chi connectivity index (χ4n) is 2.26. The minimum absolute atomic E-state index is 0.0152. The van der Waals surface area contributed by atoms with Crippen molar-refractivity contribution in [3.8, 4) is 0 Å². The Bertz CT molecular complexity index is 525. The zero-order chi connectivity index (χ0) is 14.7. The summed E-state index contributed by atoms with van der Waals surface area (Å²) in [6, 6.07) is 5.44. The molecule has 0 radical (unpaired) electrons. The van der Waals surface area contributed by atoms with Crippen molar-refractivity contribution in [2.24, 2.45) is 0 Å². The highest BCUT2D eigenvalue weighted by Gasteiger charge is 2.26. The lowest BCUT2D eigenvalue weighted by molar-refractivity contribution is -0.111. The van der Waals surface area contributed by atoms with E-state index in [2.05, 4.69) is 0 Å². The van der Waals surface area contributed by atoms with Crippen molar-refractivity contribution in [1.82, 2.24) is 4.90 Å². The maximum absolute atomic E-state index is 11.7. The van der Waals surface area contributed by atoms with E-state index in [1.807, 2.05) is 6.07 Å². The monoisotopic (exact) mass is 277 g/mol. The molecule has 1 aromatic carbocycles. The first-order valence-corrected chi connectivity index (χ1v) is 6.63. The first-order chi connectivity index (χ1) is 9.50. The number of nitrogens with zero attached hydrogens (tertiary/aromatic N) is 1. The van der Waals surface area contributed by atoms with E-state index < -0.39 is 12.4 Å². The molecule has 5 nitrogen and oxygen atoms in total. The summed E-state index contributed by atoms with van der Waals surface area (Å²) in [6.45, 7) is 2.04. The molecule has 1 atom stereocenters. The van der Waals surface area contributed by atoms with Gasteiger partial charge in [0.05, 0.1) is 6.61 Å². The minimum Gasteiger partial charge on any atom is -0.415 e. The van der Waals surface area contributed by atoms with Crippen LogP contribution in [0.3, 0.4) is 0 Å². The first-order valence-electron chi connectivity index (χ1n) is 6.63. The van der Waals surface area contributed by atoms with E-state index in [-0.39, 0.29) is 5.78 Å². The molecule has 0 N–H and O–H groups in total. The number of hydrogen-bond acceptors (Lipinski definition) is 4. The first kappa shape index (κ1) is 14.5. The van der Waals surface area contributed by atoms with Crippen LogP contribution in [0.1, 0.15) is 41.1 Å². The Morgan fingerprint density at radius 1 is 1.35 bits per heavy atom. The highest BCUT2D eigenvalue weighted by molar-refractivity contribution is 5.96. The molecule has 1 unspecified atom stereocenters. The Morgan fingerprint density at radius 2 is 2.10 bits per heavy atom. The Balaban J connectivity index is 2.37. The van der Waals surface area contributed by atoms with Crippen molar-refractivity contribution >= 4 is 11.9 Å². The fourth-order valence-corrected chi connectivity index (χ4v) is 2.26. The number of ether oxygens (including phenoxy) is 2. The topological polar surface area (TPSA) is 55.8 Å². The van der Waals surface area contributed by atoms with Gasteiger partial charge < -0.3 is 14.4 Å². The summed E-state index contributed by atoms with van der Waals surface area (Å²) in [5, 5.41) is 0. The molecule has 0 aliphatic carbocycles. The molecule has 0 saturated heterocycles. The van der Waals surface area contributed by atoms with Crippen molar-refractivity contribution in [3.63, 3.8) is 0 Å². The molecule has 0 saturated carbocycles. The second-order valence-electron chi connectivity index (χ2n) is 5.01. The van der Waals surface area contributed by atoms with Crippen molar-refractivity contribution in [1.29, 1.82) is 0 Å². The molecule has 0 bridgehead atoms. The molecule has 1 amide bonds. The number of fused-ring (bicyclic) bond motifs is 1. The van der Waals surface area contributed by atoms with Crippen LogP contribution in [0.25, 0.3) is 0 Å². The Morgan fingerprint density at radius 3 is 2.75 bits per heavy atom. The molecule has 0 aromatic heterocycles. The Hall–Kier alpha value is -1.88. The molecule has 0 spiro atoms. The molecule has 1 aliphatic heterocycles. The maximum Gasteiger partial charge on any atom is 0.411 e. The van der Waals surface area contributed by atoms with Gasteiger partial charge in [0.25, 0.3) is 0 Å². The lowest BCUT2D eigenvalue weighted by Gasteiger charge is -2.21. The molecule has 1 aromatic rings. The van der Waals surface area contributed by atoms with Crippen LogP contribution >= 0.6 is 0 Å². The summed E-state index contributed by atoms with van der Waals surface area (Å²) in [5.41, 5.74) is 2.37. The smallest absolute Gasteiger partial charge is 0.411 e. The quantitative estimate of drug-likeness (QED) is 0.780. The number of carbonyl (C=O) groups excluding carboxylic acids is 2. The molecule has 5 heteroatoms. The molecular formula is C15H19NO4. The maximum atomic E-state index is 11.7. The van der Waals surface area contributed by atoms with E-state index in [9.17, 15) is 9.59 Å². The third-order valence-electron chi connectivity index (χ3n) is 3.26. The van der Waals surface area contributed by atoms with Crippen LogP contribution < -0.4 is 0 Å². The summed E-state index contributed by atoms with van der Waals surface area (Å²) < 4.78 is 11.0. The van der Waals surface area contributed by atoms with Gasteiger partial charge in [-0.25, -0.2) is 4.79 Å². The summed E-state index contributed by atoms with van der Waals surface area (Å²) in [6.07, 6.45) is 0.340. The second-order valence-corrected chi connectivity index (χ2v) is 5.01. The van der Waals surface area contributed by atoms with Gasteiger partial charge in [0.2, 0.25) is 6.29 Å². The number of Topliss-reactive ketones (excluding diaryl/α,β-unsaturated/α-hetero) is 1. The lowest BCUT2D eigenvalue weighted by Crippen LogP contribution is -2.26. The highest BCUT2D eigenvalue weighted by atomic mass is 16.7. The van der Waals surface area contributed by atoms with Gasteiger partial charge in [-0.05, 0) is 25.3 Å². The average molecular weight is 277 g/mol. The van der Waals surface area contributed by atoms with E-state index in [0.29, 0.717) is 12.2 Å².